The lowest BCUT2D eigenvalue weighted by molar-refractivity contribution is 0.120. The minimum Gasteiger partial charge on any atom is -0.437 e. The second-order valence-electron chi connectivity index (χ2n) is 4.52. The van der Waals surface area contributed by atoms with Crippen LogP contribution >= 0.6 is 0 Å². The van der Waals surface area contributed by atoms with Gasteiger partial charge in [0.25, 0.3) is 0 Å². The van der Waals surface area contributed by atoms with Gasteiger partial charge in [0.05, 0.1) is 14.2 Å². The van der Waals surface area contributed by atoms with Crippen molar-refractivity contribution in [2.45, 2.75) is 0 Å². The minimum absolute atomic E-state index is 0.354. The highest BCUT2D eigenvalue weighted by atomic mass is 16.7. The van der Waals surface area contributed by atoms with Gasteiger partial charge in [-0.2, -0.15) is 0 Å². The van der Waals surface area contributed by atoms with Gasteiger partial charge in [-0.3, -0.25) is 0 Å². The van der Waals surface area contributed by atoms with Gasteiger partial charge in [0.15, 0.2) is 0 Å². The first-order valence-electron chi connectivity index (χ1n) is 7.01. The molecule has 2 aromatic carbocycles. The smallest absolute Gasteiger partial charge is 0.437 e. The van der Waals surface area contributed by atoms with Gasteiger partial charge in [-0.25, -0.2) is 9.59 Å². The van der Waals surface area contributed by atoms with E-state index in [0.717, 1.165) is 0 Å². The van der Waals surface area contributed by atoms with E-state index in [4.69, 9.17) is 9.47 Å². The molecule has 0 radical (unpaired) electrons. The summed E-state index contributed by atoms with van der Waals surface area (Å²) in [6, 6.07) is 13.9. The van der Waals surface area contributed by atoms with Gasteiger partial charge in [0, 0.05) is 11.1 Å². The molecular weight excluding hydrogens is 312 g/mol. The Morgan fingerprint density at radius 2 is 1.08 bits per heavy atom. The molecule has 0 aromatic heterocycles. The minimum atomic E-state index is -0.801. The van der Waals surface area contributed by atoms with Gasteiger partial charge < -0.3 is 18.9 Å². The van der Waals surface area contributed by atoms with Gasteiger partial charge in [-0.1, -0.05) is 48.6 Å². The lowest BCUT2D eigenvalue weighted by Gasteiger charge is -2.07. The Balaban J connectivity index is 2.26. The van der Waals surface area contributed by atoms with Crippen molar-refractivity contribution in [3.63, 3.8) is 0 Å². The van der Waals surface area contributed by atoms with Crippen LogP contribution in [0.25, 0.3) is 12.2 Å². The van der Waals surface area contributed by atoms with Crippen molar-refractivity contribution in [3.05, 3.63) is 59.7 Å². The van der Waals surface area contributed by atoms with Crippen LogP contribution in [0.4, 0.5) is 9.59 Å². The molecule has 0 fully saturated rings. The summed E-state index contributed by atoms with van der Waals surface area (Å²) in [6.07, 6.45) is 1.87. The maximum Gasteiger partial charge on any atom is 0.513 e. The van der Waals surface area contributed by atoms with Gasteiger partial charge in [-0.15, -0.1) is 0 Å². The summed E-state index contributed by atoms with van der Waals surface area (Å²) in [6.45, 7) is 0. The molecule has 0 amide bonds. The normalized spacial score (nSPS) is 10.2. The molecule has 0 saturated carbocycles. The molecule has 0 unspecified atom stereocenters. The van der Waals surface area contributed by atoms with Gasteiger partial charge in [0.2, 0.25) is 0 Å². The first-order chi connectivity index (χ1) is 11.6. The quantitative estimate of drug-likeness (QED) is 0.477. The Kier molecular flexibility index (Phi) is 5.96. The van der Waals surface area contributed by atoms with Crippen molar-refractivity contribution < 1.29 is 28.5 Å². The Bertz CT molecular complexity index is 687. The highest BCUT2D eigenvalue weighted by Gasteiger charge is 2.09. The van der Waals surface area contributed by atoms with E-state index in [0.29, 0.717) is 22.6 Å². The number of hydrogen-bond donors (Lipinski definition) is 0. The SMILES string of the molecule is COC(=O)Oc1ccccc1/C=C\c1ccccc1OC(=O)OC. The standard InChI is InChI=1S/C18H16O6/c1-21-17(19)23-15-9-5-3-7-13(15)11-12-14-8-4-6-10-16(14)24-18(20)22-2/h3-12H,1-2H3/b12-11-. The number of ether oxygens (including phenoxy) is 4. The number of hydrogen-bond acceptors (Lipinski definition) is 6. The maximum absolute atomic E-state index is 11.3. The first-order valence-corrected chi connectivity index (χ1v) is 7.01. The lowest BCUT2D eigenvalue weighted by Crippen LogP contribution is -2.08. The van der Waals surface area contributed by atoms with Crippen LogP contribution < -0.4 is 9.47 Å². The van der Waals surface area contributed by atoms with E-state index in [1.165, 1.54) is 14.2 Å². The van der Waals surface area contributed by atoms with Crippen LogP contribution in [0.5, 0.6) is 11.5 Å². The Labute approximate surface area is 139 Å². The molecule has 0 spiro atoms. The van der Waals surface area contributed by atoms with Gasteiger partial charge in [0.1, 0.15) is 11.5 Å². The van der Waals surface area contributed by atoms with Crippen molar-refractivity contribution in [3.8, 4) is 11.5 Å². The number of carbonyl (C=O) groups is 2. The van der Waals surface area contributed by atoms with Crippen LogP contribution in [0.15, 0.2) is 48.5 Å². The van der Waals surface area contributed by atoms with Gasteiger partial charge in [-0.05, 0) is 12.1 Å². The average Bonchev–Trinajstić information content (AvgIpc) is 2.61. The largest absolute Gasteiger partial charge is 0.513 e. The zero-order valence-electron chi connectivity index (χ0n) is 13.2. The van der Waals surface area contributed by atoms with Crippen molar-refractivity contribution in [2.24, 2.45) is 0 Å². The Morgan fingerprint density at radius 1 is 0.708 bits per heavy atom. The molecule has 0 bridgehead atoms. The fourth-order valence-corrected chi connectivity index (χ4v) is 1.86. The maximum atomic E-state index is 11.3. The molecular formula is C18H16O6. The van der Waals surface area contributed by atoms with Crippen molar-refractivity contribution in [2.75, 3.05) is 14.2 Å². The summed E-state index contributed by atoms with van der Waals surface area (Å²) < 4.78 is 19.1. The predicted molar refractivity (Wildman–Crippen MR) is 87.9 cm³/mol. The third-order valence-electron chi connectivity index (χ3n) is 3.00. The summed E-state index contributed by atoms with van der Waals surface area (Å²) in [5, 5.41) is 0. The third-order valence-corrected chi connectivity index (χ3v) is 3.00. The average molecular weight is 328 g/mol. The van der Waals surface area contributed by atoms with Crippen LogP contribution in [-0.2, 0) is 9.47 Å². The third kappa shape index (κ3) is 4.61. The van der Waals surface area contributed by atoms with Gasteiger partial charge >= 0.3 is 12.3 Å². The molecule has 0 saturated heterocycles. The molecule has 2 aromatic rings. The molecule has 24 heavy (non-hydrogen) atoms. The number of para-hydroxylation sites is 2. The van der Waals surface area contributed by atoms with E-state index >= 15 is 0 Å². The van der Waals surface area contributed by atoms with E-state index in [9.17, 15) is 9.59 Å². The highest BCUT2D eigenvalue weighted by Crippen LogP contribution is 2.24. The molecule has 6 heteroatoms. The first kappa shape index (κ1) is 17.1. The van der Waals surface area contributed by atoms with Crippen molar-refractivity contribution in [1.82, 2.24) is 0 Å². The molecule has 0 atom stereocenters. The van der Waals surface area contributed by atoms with Crippen LogP contribution in [0.1, 0.15) is 11.1 Å². The zero-order valence-corrected chi connectivity index (χ0v) is 13.2. The fraction of sp³-hybridized carbons (Fsp3) is 0.111. The van der Waals surface area contributed by atoms with Crippen molar-refractivity contribution in [1.29, 1.82) is 0 Å². The summed E-state index contributed by atoms with van der Waals surface area (Å²) in [5.74, 6) is 0.707. The summed E-state index contributed by atoms with van der Waals surface area (Å²) in [4.78, 5) is 22.6. The number of benzene rings is 2. The molecule has 0 heterocycles. The molecule has 124 valence electrons. The number of methoxy groups -OCH3 is 2. The van der Waals surface area contributed by atoms with E-state index in [-0.39, 0.29) is 0 Å². The van der Waals surface area contributed by atoms with Crippen LogP contribution in [0, 0.1) is 0 Å². The second kappa shape index (κ2) is 8.38. The van der Waals surface area contributed by atoms with Crippen LogP contribution in [0.3, 0.4) is 0 Å². The highest BCUT2D eigenvalue weighted by molar-refractivity contribution is 5.77. The van der Waals surface area contributed by atoms with E-state index in [2.05, 4.69) is 9.47 Å². The summed E-state index contributed by atoms with van der Waals surface area (Å²) >= 11 is 0. The number of carbonyl (C=O) groups excluding carboxylic acids is 2. The van der Waals surface area contributed by atoms with Crippen LogP contribution in [0.2, 0.25) is 0 Å². The predicted octanol–water partition coefficient (Wildman–Crippen LogP) is 4.15. The molecule has 6 nitrogen and oxygen atoms in total. The molecule has 0 aliphatic carbocycles. The van der Waals surface area contributed by atoms with E-state index in [1.807, 2.05) is 0 Å². The van der Waals surface area contributed by atoms with Crippen LogP contribution in [-0.4, -0.2) is 26.5 Å². The Hall–Kier alpha value is -3.28. The second-order valence-corrected chi connectivity index (χ2v) is 4.52. The molecule has 0 N–H and O–H groups in total. The fourth-order valence-electron chi connectivity index (χ4n) is 1.86. The summed E-state index contributed by atoms with van der Waals surface area (Å²) in [7, 11) is 2.47. The van der Waals surface area contributed by atoms with Crippen molar-refractivity contribution >= 4 is 24.5 Å². The molecule has 0 aliphatic rings. The Morgan fingerprint density at radius 3 is 1.46 bits per heavy atom. The molecule has 2 rings (SSSR count). The van der Waals surface area contributed by atoms with E-state index in [1.54, 1.807) is 60.7 Å². The lowest BCUT2D eigenvalue weighted by atomic mass is 10.1. The monoisotopic (exact) mass is 328 g/mol. The number of rotatable bonds is 4. The zero-order chi connectivity index (χ0) is 17.4. The topological polar surface area (TPSA) is 71.1 Å². The van der Waals surface area contributed by atoms with E-state index < -0.39 is 12.3 Å². The summed E-state index contributed by atoms with van der Waals surface area (Å²) in [5.41, 5.74) is 1.33. The molecule has 0 aliphatic heterocycles.